The number of aromatic nitrogens is 2. The zero-order chi connectivity index (χ0) is 15.4. The third kappa shape index (κ3) is 3.29. The average Bonchev–Trinajstić information content (AvgIpc) is 2.94. The summed E-state index contributed by atoms with van der Waals surface area (Å²) < 4.78 is 10.2. The number of rotatable bonds is 5. The predicted molar refractivity (Wildman–Crippen MR) is 82.0 cm³/mol. The number of carbonyl (C=O) groups is 1. The third-order valence-corrected chi connectivity index (χ3v) is 2.98. The second-order valence-corrected chi connectivity index (χ2v) is 4.52. The van der Waals surface area contributed by atoms with Crippen molar-refractivity contribution in [1.82, 2.24) is 10.2 Å². The first-order chi connectivity index (χ1) is 10.0. The molecule has 0 unspecified atom stereocenters. The van der Waals surface area contributed by atoms with Crippen LogP contribution in [0.2, 0.25) is 0 Å². The van der Waals surface area contributed by atoms with Gasteiger partial charge in [0.1, 0.15) is 22.3 Å². The van der Waals surface area contributed by atoms with Crippen LogP contribution in [-0.2, 0) is 0 Å². The van der Waals surface area contributed by atoms with Gasteiger partial charge in [-0.25, -0.2) is 0 Å². The van der Waals surface area contributed by atoms with Crippen molar-refractivity contribution in [2.45, 2.75) is 0 Å². The van der Waals surface area contributed by atoms with Crippen LogP contribution in [0.1, 0.15) is 15.9 Å². The Kier molecular flexibility index (Phi) is 4.39. The molecule has 0 aliphatic rings. The van der Waals surface area contributed by atoms with Crippen molar-refractivity contribution >= 4 is 28.9 Å². The number of benzene rings is 1. The van der Waals surface area contributed by atoms with Gasteiger partial charge in [-0.1, -0.05) is 12.2 Å². The number of nitrogens with zero attached hydrogens (tertiary/aromatic N) is 1. The van der Waals surface area contributed by atoms with Gasteiger partial charge < -0.3 is 20.5 Å². The number of nitrogens with two attached hydrogens (primary N) is 1. The Labute approximate surface area is 126 Å². The van der Waals surface area contributed by atoms with Crippen molar-refractivity contribution in [3.8, 4) is 11.5 Å². The second kappa shape index (κ2) is 6.23. The molecule has 110 valence electrons. The number of aromatic amines is 1. The fraction of sp³-hybridized carbons (Fsp3) is 0.154. The van der Waals surface area contributed by atoms with E-state index in [2.05, 4.69) is 15.5 Å². The number of amides is 1. The van der Waals surface area contributed by atoms with Gasteiger partial charge in [-0.2, -0.15) is 5.10 Å². The zero-order valence-electron chi connectivity index (χ0n) is 11.5. The largest absolute Gasteiger partial charge is 0.497 e. The summed E-state index contributed by atoms with van der Waals surface area (Å²) in [4.78, 5) is 12.4. The van der Waals surface area contributed by atoms with Crippen LogP contribution in [-0.4, -0.2) is 35.3 Å². The van der Waals surface area contributed by atoms with Gasteiger partial charge in [-0.3, -0.25) is 9.89 Å². The molecule has 0 saturated carbocycles. The number of ether oxygens (including phenoxy) is 2. The fourth-order valence-electron chi connectivity index (χ4n) is 1.69. The minimum Gasteiger partial charge on any atom is -0.497 e. The average molecular weight is 306 g/mol. The number of thiocarbonyl (C=S) groups is 1. The molecule has 1 amide bonds. The quantitative estimate of drug-likeness (QED) is 0.720. The molecule has 0 aliphatic carbocycles. The first-order valence-corrected chi connectivity index (χ1v) is 6.33. The Morgan fingerprint density at radius 1 is 1.29 bits per heavy atom. The van der Waals surface area contributed by atoms with Crippen molar-refractivity contribution < 1.29 is 14.3 Å². The molecular weight excluding hydrogens is 292 g/mol. The lowest BCUT2D eigenvalue weighted by Crippen LogP contribution is -2.17. The minimum atomic E-state index is -0.367. The van der Waals surface area contributed by atoms with Gasteiger partial charge in [-0.05, 0) is 12.1 Å². The van der Waals surface area contributed by atoms with E-state index in [0.29, 0.717) is 28.4 Å². The number of carbonyl (C=O) groups excluding carboxylic acids is 1. The molecule has 0 saturated heterocycles. The third-order valence-electron chi connectivity index (χ3n) is 2.76. The van der Waals surface area contributed by atoms with Crippen molar-refractivity contribution in [1.29, 1.82) is 0 Å². The number of methoxy groups -OCH3 is 2. The van der Waals surface area contributed by atoms with Crippen LogP contribution in [0, 0.1) is 0 Å². The van der Waals surface area contributed by atoms with Crippen LogP contribution in [0.5, 0.6) is 11.5 Å². The maximum absolute atomic E-state index is 12.3. The Balaban J connectivity index is 2.28. The van der Waals surface area contributed by atoms with Crippen molar-refractivity contribution in [2.24, 2.45) is 5.73 Å². The first kappa shape index (κ1) is 14.8. The summed E-state index contributed by atoms with van der Waals surface area (Å²) in [5.74, 6) is 1.00. The second-order valence-electron chi connectivity index (χ2n) is 4.08. The summed E-state index contributed by atoms with van der Waals surface area (Å²) in [5.41, 5.74) is 6.38. The van der Waals surface area contributed by atoms with E-state index in [-0.39, 0.29) is 10.9 Å². The van der Waals surface area contributed by atoms with E-state index in [1.165, 1.54) is 20.4 Å². The molecule has 0 aliphatic heterocycles. The van der Waals surface area contributed by atoms with Gasteiger partial charge in [0.25, 0.3) is 5.91 Å². The van der Waals surface area contributed by atoms with Crippen LogP contribution >= 0.6 is 12.2 Å². The molecule has 2 aromatic rings. The lowest BCUT2D eigenvalue weighted by molar-refractivity contribution is 0.102. The Bertz CT molecular complexity index is 662. The first-order valence-electron chi connectivity index (χ1n) is 5.92. The molecule has 4 N–H and O–H groups in total. The molecule has 0 bridgehead atoms. The molecule has 0 fully saturated rings. The predicted octanol–water partition coefficient (Wildman–Crippen LogP) is 1.31. The van der Waals surface area contributed by atoms with E-state index in [4.69, 9.17) is 27.4 Å². The van der Waals surface area contributed by atoms with E-state index >= 15 is 0 Å². The fourth-order valence-corrected chi connectivity index (χ4v) is 1.85. The van der Waals surface area contributed by atoms with Crippen molar-refractivity contribution in [3.63, 3.8) is 0 Å². The number of nitrogens with one attached hydrogen (secondary N) is 2. The highest BCUT2D eigenvalue weighted by atomic mass is 32.1. The van der Waals surface area contributed by atoms with Crippen LogP contribution in [0.3, 0.4) is 0 Å². The number of anilines is 1. The maximum Gasteiger partial charge on any atom is 0.257 e. The Morgan fingerprint density at radius 2 is 1.90 bits per heavy atom. The molecule has 0 spiro atoms. The molecule has 1 heterocycles. The van der Waals surface area contributed by atoms with Gasteiger partial charge in [0.05, 0.1) is 26.0 Å². The molecule has 21 heavy (non-hydrogen) atoms. The van der Waals surface area contributed by atoms with Gasteiger partial charge in [-0.15, -0.1) is 0 Å². The summed E-state index contributed by atoms with van der Waals surface area (Å²) in [6.45, 7) is 0. The summed E-state index contributed by atoms with van der Waals surface area (Å²) in [7, 11) is 3.02. The van der Waals surface area contributed by atoms with Crippen LogP contribution in [0.15, 0.2) is 24.4 Å². The maximum atomic E-state index is 12.3. The number of H-pyrrole nitrogens is 1. The highest BCUT2D eigenvalue weighted by Gasteiger charge is 2.14. The molecule has 2 rings (SSSR count). The standard InChI is InChI=1S/C13H14N4O3S/c1-19-8-3-7(4-9(5-8)20-2)13(18)16-12-10(11(14)21)6-15-17-12/h3-6H,1-2H3,(H2,14,21)(H2,15,16,17,18). The van der Waals surface area contributed by atoms with E-state index in [0.717, 1.165) is 0 Å². The van der Waals surface area contributed by atoms with E-state index < -0.39 is 0 Å². The van der Waals surface area contributed by atoms with Gasteiger partial charge in [0.2, 0.25) is 0 Å². The van der Waals surface area contributed by atoms with Gasteiger partial charge >= 0.3 is 0 Å². The Hall–Kier alpha value is -2.61. The summed E-state index contributed by atoms with van der Waals surface area (Å²) in [6, 6.07) is 4.86. The normalized spacial score (nSPS) is 10.0. The minimum absolute atomic E-state index is 0.141. The van der Waals surface area contributed by atoms with E-state index in [1.54, 1.807) is 18.2 Å². The highest BCUT2D eigenvalue weighted by Crippen LogP contribution is 2.23. The molecule has 1 aromatic heterocycles. The Morgan fingerprint density at radius 3 is 2.43 bits per heavy atom. The van der Waals surface area contributed by atoms with Crippen molar-refractivity contribution in [3.05, 3.63) is 35.5 Å². The molecule has 1 aromatic carbocycles. The summed E-state index contributed by atoms with van der Waals surface area (Å²) in [5, 5.41) is 9.09. The smallest absolute Gasteiger partial charge is 0.257 e. The monoisotopic (exact) mass is 306 g/mol. The van der Waals surface area contributed by atoms with Crippen LogP contribution < -0.4 is 20.5 Å². The van der Waals surface area contributed by atoms with Gasteiger partial charge in [0, 0.05) is 11.6 Å². The summed E-state index contributed by atoms with van der Waals surface area (Å²) >= 11 is 4.88. The number of hydrogen-bond donors (Lipinski definition) is 3. The molecule has 7 nitrogen and oxygen atoms in total. The lowest BCUT2D eigenvalue weighted by atomic mass is 10.2. The highest BCUT2D eigenvalue weighted by molar-refractivity contribution is 7.80. The lowest BCUT2D eigenvalue weighted by Gasteiger charge is -2.09. The zero-order valence-corrected chi connectivity index (χ0v) is 12.3. The summed E-state index contributed by atoms with van der Waals surface area (Å²) in [6.07, 6.45) is 1.45. The van der Waals surface area contributed by atoms with E-state index in [1.807, 2.05) is 0 Å². The van der Waals surface area contributed by atoms with Crippen LogP contribution in [0.4, 0.5) is 5.82 Å². The van der Waals surface area contributed by atoms with E-state index in [9.17, 15) is 4.79 Å². The van der Waals surface area contributed by atoms with Crippen LogP contribution in [0.25, 0.3) is 0 Å². The molecule has 8 heteroatoms. The molecular formula is C13H14N4O3S. The number of hydrogen-bond acceptors (Lipinski definition) is 5. The molecule has 0 radical (unpaired) electrons. The SMILES string of the molecule is COc1cc(OC)cc(C(=O)Nc2[nH]ncc2C(N)=S)c1. The molecule has 0 atom stereocenters. The topological polar surface area (TPSA) is 102 Å². The van der Waals surface area contributed by atoms with Gasteiger partial charge in [0.15, 0.2) is 0 Å². The van der Waals surface area contributed by atoms with Crippen molar-refractivity contribution in [2.75, 3.05) is 19.5 Å².